The minimum absolute atomic E-state index is 0.00268. The minimum atomic E-state index is -0.760. The minimum Gasteiger partial charge on any atom is -0.455 e. The first-order valence-electron chi connectivity index (χ1n) is 7.88. The molecule has 2 heterocycles. The number of nitrogens with zero attached hydrogens (tertiary/aromatic N) is 2. The first kappa shape index (κ1) is 17.6. The Kier molecular flexibility index (Phi) is 4.97. The lowest BCUT2D eigenvalue weighted by atomic mass is 10.1. The van der Waals surface area contributed by atoms with Gasteiger partial charge in [0.05, 0.1) is 11.6 Å². The first-order chi connectivity index (χ1) is 12.4. The zero-order chi connectivity index (χ0) is 18.7. The van der Waals surface area contributed by atoms with Crippen LogP contribution in [0.25, 0.3) is 0 Å². The van der Waals surface area contributed by atoms with E-state index in [0.717, 1.165) is 0 Å². The van der Waals surface area contributed by atoms with E-state index in [9.17, 15) is 18.8 Å². The van der Waals surface area contributed by atoms with Crippen molar-refractivity contribution in [3.8, 4) is 0 Å². The summed E-state index contributed by atoms with van der Waals surface area (Å²) < 4.78 is 23.6. The smallest absolute Gasteiger partial charge is 0.311 e. The number of ether oxygens (including phenoxy) is 1. The number of amides is 2. The van der Waals surface area contributed by atoms with Crippen molar-refractivity contribution in [2.45, 2.75) is 13.3 Å². The quantitative estimate of drug-likeness (QED) is 0.813. The number of para-hydroxylation sites is 1. The van der Waals surface area contributed by atoms with Crippen molar-refractivity contribution in [2.24, 2.45) is 5.92 Å². The van der Waals surface area contributed by atoms with E-state index in [0.29, 0.717) is 5.76 Å². The van der Waals surface area contributed by atoms with Crippen LogP contribution in [0.1, 0.15) is 12.2 Å². The van der Waals surface area contributed by atoms with Crippen molar-refractivity contribution in [3.63, 3.8) is 0 Å². The van der Waals surface area contributed by atoms with Crippen LogP contribution in [-0.2, 0) is 19.1 Å². The molecule has 26 heavy (non-hydrogen) atoms. The third kappa shape index (κ3) is 3.88. The summed E-state index contributed by atoms with van der Waals surface area (Å²) in [4.78, 5) is 37.1. The Morgan fingerprint density at radius 1 is 1.42 bits per heavy atom. The highest BCUT2D eigenvalue weighted by Gasteiger charge is 2.37. The van der Waals surface area contributed by atoms with E-state index in [1.165, 1.54) is 29.2 Å². The molecular formula is C17H16FN3O5. The monoisotopic (exact) mass is 361 g/mol. The molecule has 3 rings (SSSR count). The number of aromatic nitrogens is 1. The van der Waals surface area contributed by atoms with Crippen LogP contribution in [0.4, 0.5) is 15.9 Å². The molecule has 0 unspecified atom stereocenters. The van der Waals surface area contributed by atoms with Crippen molar-refractivity contribution >= 4 is 29.3 Å². The molecule has 0 radical (unpaired) electrons. The van der Waals surface area contributed by atoms with Crippen LogP contribution in [0, 0.1) is 18.7 Å². The van der Waals surface area contributed by atoms with E-state index < -0.39 is 30.2 Å². The van der Waals surface area contributed by atoms with Gasteiger partial charge in [-0.3, -0.25) is 14.4 Å². The number of rotatable bonds is 5. The van der Waals surface area contributed by atoms with Gasteiger partial charge in [0, 0.05) is 19.0 Å². The molecule has 136 valence electrons. The number of halogens is 1. The standard InChI is InChI=1S/C17H16FN3O5/c1-10-6-14(20-26-10)19-15(22)9-25-17(24)11-7-16(23)21(8-11)13-5-3-2-4-12(13)18/h2-6,11H,7-9H2,1H3,(H,19,20,22)/t11-/m0/s1. The summed E-state index contributed by atoms with van der Waals surface area (Å²) in [7, 11) is 0. The maximum atomic E-state index is 13.8. The molecule has 1 aromatic heterocycles. The highest BCUT2D eigenvalue weighted by atomic mass is 19.1. The lowest BCUT2D eigenvalue weighted by molar-refractivity contribution is -0.151. The van der Waals surface area contributed by atoms with Crippen molar-refractivity contribution in [1.82, 2.24) is 5.16 Å². The molecular weight excluding hydrogens is 345 g/mol. The molecule has 1 N–H and O–H groups in total. The third-order valence-corrected chi connectivity index (χ3v) is 3.84. The number of benzene rings is 1. The molecule has 1 aromatic carbocycles. The number of carbonyl (C=O) groups is 3. The molecule has 1 saturated heterocycles. The zero-order valence-corrected chi connectivity index (χ0v) is 13.9. The Morgan fingerprint density at radius 3 is 2.88 bits per heavy atom. The van der Waals surface area contributed by atoms with Gasteiger partial charge in [0.25, 0.3) is 5.91 Å². The summed E-state index contributed by atoms with van der Waals surface area (Å²) >= 11 is 0. The van der Waals surface area contributed by atoms with Gasteiger partial charge < -0.3 is 19.5 Å². The summed E-state index contributed by atoms with van der Waals surface area (Å²) in [5, 5.41) is 6.00. The van der Waals surface area contributed by atoms with Crippen LogP contribution in [0.15, 0.2) is 34.9 Å². The molecule has 2 aromatic rings. The van der Waals surface area contributed by atoms with E-state index in [1.807, 2.05) is 0 Å². The van der Waals surface area contributed by atoms with Crippen LogP contribution < -0.4 is 10.2 Å². The topological polar surface area (TPSA) is 102 Å². The van der Waals surface area contributed by atoms with Gasteiger partial charge in [0.1, 0.15) is 11.6 Å². The number of hydrogen-bond acceptors (Lipinski definition) is 6. The lowest BCUT2D eigenvalue weighted by Crippen LogP contribution is -2.28. The van der Waals surface area contributed by atoms with Gasteiger partial charge in [-0.15, -0.1) is 0 Å². The lowest BCUT2D eigenvalue weighted by Gasteiger charge is -2.17. The fraction of sp³-hybridized carbons (Fsp3) is 0.294. The largest absolute Gasteiger partial charge is 0.455 e. The van der Waals surface area contributed by atoms with Crippen LogP contribution in [0.5, 0.6) is 0 Å². The van der Waals surface area contributed by atoms with Gasteiger partial charge in [0.2, 0.25) is 5.91 Å². The number of carbonyl (C=O) groups excluding carboxylic acids is 3. The van der Waals surface area contributed by atoms with Gasteiger partial charge in [0.15, 0.2) is 12.4 Å². The molecule has 1 fully saturated rings. The number of anilines is 2. The van der Waals surface area contributed by atoms with Gasteiger partial charge in [-0.2, -0.15) is 0 Å². The number of aryl methyl sites for hydroxylation is 1. The molecule has 1 aliphatic heterocycles. The van der Waals surface area contributed by atoms with Crippen molar-refractivity contribution in [2.75, 3.05) is 23.4 Å². The van der Waals surface area contributed by atoms with Crippen LogP contribution in [0.2, 0.25) is 0 Å². The summed E-state index contributed by atoms with van der Waals surface area (Å²) in [6.45, 7) is 1.15. The van der Waals surface area contributed by atoms with Gasteiger partial charge in [-0.25, -0.2) is 4.39 Å². The molecule has 9 heteroatoms. The summed E-state index contributed by atoms with van der Waals surface area (Å²) in [5.74, 6) is -2.22. The van der Waals surface area contributed by atoms with Crippen LogP contribution in [-0.4, -0.2) is 36.1 Å². The summed E-state index contributed by atoms with van der Waals surface area (Å²) in [6, 6.07) is 7.34. The molecule has 1 atom stereocenters. The van der Waals surface area contributed by atoms with E-state index >= 15 is 0 Å². The second-order valence-corrected chi connectivity index (χ2v) is 5.84. The third-order valence-electron chi connectivity index (χ3n) is 3.84. The van der Waals surface area contributed by atoms with E-state index in [-0.39, 0.29) is 30.4 Å². The van der Waals surface area contributed by atoms with Gasteiger partial charge >= 0.3 is 5.97 Å². The molecule has 8 nitrogen and oxygen atoms in total. The average Bonchev–Trinajstić information content (AvgIpc) is 3.19. The fourth-order valence-corrected chi connectivity index (χ4v) is 2.63. The second-order valence-electron chi connectivity index (χ2n) is 5.84. The SMILES string of the molecule is Cc1cc(NC(=O)COC(=O)[C@H]2CC(=O)N(c3ccccc3F)C2)no1. The van der Waals surface area contributed by atoms with E-state index in [2.05, 4.69) is 10.5 Å². The maximum absolute atomic E-state index is 13.8. The maximum Gasteiger partial charge on any atom is 0.311 e. The molecule has 0 saturated carbocycles. The van der Waals surface area contributed by atoms with Crippen molar-refractivity contribution in [3.05, 3.63) is 41.9 Å². The Labute approximate surface area is 147 Å². The summed E-state index contributed by atoms with van der Waals surface area (Å²) in [6.07, 6.45) is -0.0999. The number of esters is 1. The zero-order valence-electron chi connectivity index (χ0n) is 13.9. The normalized spacial score (nSPS) is 16.6. The highest BCUT2D eigenvalue weighted by molar-refractivity contribution is 6.00. The van der Waals surface area contributed by atoms with Gasteiger partial charge in [-0.05, 0) is 19.1 Å². The average molecular weight is 361 g/mol. The van der Waals surface area contributed by atoms with Crippen molar-refractivity contribution in [1.29, 1.82) is 0 Å². The van der Waals surface area contributed by atoms with Crippen molar-refractivity contribution < 1.29 is 28.0 Å². The molecule has 1 aliphatic rings. The van der Waals surface area contributed by atoms with E-state index in [1.54, 1.807) is 13.0 Å². The number of nitrogens with one attached hydrogen (secondary N) is 1. The highest BCUT2D eigenvalue weighted by Crippen LogP contribution is 2.27. The predicted octanol–water partition coefficient (Wildman–Crippen LogP) is 1.66. The summed E-state index contributed by atoms with van der Waals surface area (Å²) in [5.41, 5.74) is 0.118. The predicted molar refractivity (Wildman–Crippen MR) is 87.7 cm³/mol. The van der Waals surface area contributed by atoms with E-state index in [4.69, 9.17) is 9.26 Å². The van der Waals surface area contributed by atoms with Crippen LogP contribution in [0.3, 0.4) is 0 Å². The number of hydrogen-bond donors (Lipinski definition) is 1. The molecule has 0 bridgehead atoms. The molecule has 2 amide bonds. The molecule has 0 aliphatic carbocycles. The Balaban J connectivity index is 1.53. The molecule has 0 spiro atoms. The van der Waals surface area contributed by atoms with Crippen LogP contribution >= 0.6 is 0 Å². The Morgan fingerprint density at radius 2 is 2.19 bits per heavy atom. The Hall–Kier alpha value is -3.23. The Bertz CT molecular complexity index is 850. The second kappa shape index (κ2) is 7.34. The first-order valence-corrected chi connectivity index (χ1v) is 7.88. The van der Waals surface area contributed by atoms with Gasteiger partial charge in [-0.1, -0.05) is 17.3 Å². The fourth-order valence-electron chi connectivity index (χ4n) is 2.63.